The van der Waals surface area contributed by atoms with Crippen molar-refractivity contribution in [3.8, 4) is 11.9 Å². The van der Waals surface area contributed by atoms with Crippen molar-refractivity contribution in [3.63, 3.8) is 0 Å². The number of nitrogens with zero attached hydrogens (tertiary/aromatic N) is 4. The summed E-state index contributed by atoms with van der Waals surface area (Å²) in [6.07, 6.45) is 6.13. The van der Waals surface area contributed by atoms with Gasteiger partial charge >= 0.3 is 0 Å². The molecule has 2 aliphatic rings. The molecule has 1 aliphatic carbocycles. The first-order chi connectivity index (χ1) is 15.6. The number of aromatic nitrogens is 3. The molecule has 162 valence electrons. The Morgan fingerprint density at radius 1 is 1.28 bits per heavy atom. The number of fused-ring (bicyclic) bond motifs is 1. The van der Waals surface area contributed by atoms with Crippen molar-refractivity contribution in [2.45, 2.75) is 32.3 Å². The zero-order valence-corrected chi connectivity index (χ0v) is 17.8. The first kappa shape index (κ1) is 20.1. The van der Waals surface area contributed by atoms with Gasteiger partial charge in [-0.25, -0.2) is 4.98 Å². The Balaban J connectivity index is 1.32. The summed E-state index contributed by atoms with van der Waals surface area (Å²) in [4.78, 5) is 18.8. The van der Waals surface area contributed by atoms with E-state index in [1.54, 1.807) is 11.1 Å². The molecule has 8 nitrogen and oxygen atoms in total. The second kappa shape index (κ2) is 8.35. The molecule has 2 fully saturated rings. The van der Waals surface area contributed by atoms with Crippen molar-refractivity contribution in [2.75, 3.05) is 18.4 Å². The highest BCUT2D eigenvalue weighted by atomic mass is 16.5. The van der Waals surface area contributed by atoms with Gasteiger partial charge in [0.25, 0.3) is 5.91 Å². The maximum absolute atomic E-state index is 12.7. The number of hydrogen-bond acceptors (Lipinski definition) is 6. The van der Waals surface area contributed by atoms with Crippen LogP contribution in [0.15, 0.2) is 48.2 Å². The van der Waals surface area contributed by atoms with Crippen LogP contribution in [0.2, 0.25) is 0 Å². The summed E-state index contributed by atoms with van der Waals surface area (Å²) in [5, 5.41) is 20.8. The lowest BCUT2D eigenvalue weighted by Crippen LogP contribution is -2.31. The molecule has 32 heavy (non-hydrogen) atoms. The molecule has 2 N–H and O–H groups in total. The number of allylic oxidation sites excluding steroid dienone is 1. The predicted molar refractivity (Wildman–Crippen MR) is 120 cm³/mol. The molecule has 3 aromatic rings. The third-order valence-corrected chi connectivity index (χ3v) is 5.84. The van der Waals surface area contributed by atoms with E-state index in [0.29, 0.717) is 37.0 Å². The number of rotatable bonds is 6. The van der Waals surface area contributed by atoms with Gasteiger partial charge in [0, 0.05) is 24.8 Å². The monoisotopic (exact) mass is 428 g/mol. The quantitative estimate of drug-likeness (QED) is 0.456. The molecule has 1 saturated carbocycles. The number of ether oxygens (including phenoxy) is 1. The van der Waals surface area contributed by atoms with Crippen LogP contribution in [0, 0.1) is 24.2 Å². The van der Waals surface area contributed by atoms with E-state index >= 15 is 0 Å². The summed E-state index contributed by atoms with van der Waals surface area (Å²) in [5.74, 6) is 0.627. The largest absolute Gasteiger partial charge is 0.471 e. The van der Waals surface area contributed by atoms with E-state index < -0.39 is 0 Å². The van der Waals surface area contributed by atoms with E-state index in [2.05, 4.69) is 26.6 Å². The normalized spacial score (nSPS) is 18.6. The van der Waals surface area contributed by atoms with Crippen LogP contribution in [-0.4, -0.2) is 45.2 Å². The van der Waals surface area contributed by atoms with Gasteiger partial charge < -0.3 is 15.0 Å². The van der Waals surface area contributed by atoms with E-state index in [1.807, 2.05) is 43.3 Å². The fourth-order valence-corrected chi connectivity index (χ4v) is 3.90. The molecule has 3 heterocycles. The number of anilines is 2. The highest BCUT2D eigenvalue weighted by Gasteiger charge is 2.31. The van der Waals surface area contributed by atoms with Crippen LogP contribution in [-0.2, 0) is 4.79 Å². The summed E-state index contributed by atoms with van der Waals surface area (Å²) < 4.78 is 6.19. The maximum Gasteiger partial charge on any atom is 0.264 e. The minimum atomic E-state index is -0.208. The van der Waals surface area contributed by atoms with Gasteiger partial charge in [-0.1, -0.05) is 23.8 Å². The average molecular weight is 428 g/mol. The van der Waals surface area contributed by atoms with Gasteiger partial charge in [-0.2, -0.15) is 5.26 Å². The molecule has 1 aliphatic heterocycles. The number of carbonyl (C=O) groups is 1. The Labute approximate surface area is 185 Å². The molecule has 0 unspecified atom stereocenters. The van der Waals surface area contributed by atoms with Crippen molar-refractivity contribution in [2.24, 2.45) is 5.92 Å². The van der Waals surface area contributed by atoms with Gasteiger partial charge in [0.05, 0.1) is 12.2 Å². The molecule has 8 heteroatoms. The lowest BCUT2D eigenvalue weighted by molar-refractivity contribution is -0.126. The SMILES string of the molecule is Cc1ccc(Nc2ccnc3[nH]nc(O[C@@H]4CCN(C(=O)/C(C#N)=C/C5CC5)C4)c23)cc1. The number of amides is 1. The van der Waals surface area contributed by atoms with Gasteiger partial charge in [-0.05, 0) is 43.9 Å². The number of likely N-dealkylation sites (tertiary alicyclic amines) is 1. The van der Waals surface area contributed by atoms with Crippen LogP contribution in [0.3, 0.4) is 0 Å². The molecule has 1 aromatic carbocycles. The number of benzene rings is 1. The fourth-order valence-electron chi connectivity index (χ4n) is 3.90. The van der Waals surface area contributed by atoms with Crippen molar-refractivity contribution in [3.05, 3.63) is 53.7 Å². The van der Waals surface area contributed by atoms with Crippen LogP contribution >= 0.6 is 0 Å². The Kier molecular flexibility index (Phi) is 5.23. The van der Waals surface area contributed by atoms with Crippen LogP contribution < -0.4 is 10.1 Å². The number of nitriles is 1. The Morgan fingerprint density at radius 3 is 2.84 bits per heavy atom. The van der Waals surface area contributed by atoms with E-state index in [4.69, 9.17) is 4.74 Å². The molecular formula is C24H24N6O2. The number of nitrogens with one attached hydrogen (secondary N) is 2. The molecule has 2 aromatic heterocycles. The fraction of sp³-hybridized carbons (Fsp3) is 0.333. The summed E-state index contributed by atoms with van der Waals surface area (Å²) in [6, 6.07) is 12.1. The van der Waals surface area contributed by atoms with E-state index in [9.17, 15) is 10.1 Å². The minimum Gasteiger partial charge on any atom is -0.471 e. The lowest BCUT2D eigenvalue weighted by atomic mass is 10.2. The Morgan fingerprint density at radius 2 is 2.09 bits per heavy atom. The van der Waals surface area contributed by atoms with Gasteiger partial charge in [-0.3, -0.25) is 9.89 Å². The molecular weight excluding hydrogens is 404 g/mol. The molecule has 5 rings (SSSR count). The molecule has 1 amide bonds. The number of pyridine rings is 1. The summed E-state index contributed by atoms with van der Waals surface area (Å²) in [6.45, 7) is 3.04. The van der Waals surface area contributed by atoms with E-state index in [0.717, 1.165) is 29.6 Å². The van der Waals surface area contributed by atoms with Crippen molar-refractivity contribution >= 4 is 28.3 Å². The van der Waals surface area contributed by atoms with Crippen molar-refractivity contribution in [1.82, 2.24) is 20.1 Å². The predicted octanol–water partition coefficient (Wildman–Crippen LogP) is 3.85. The third-order valence-electron chi connectivity index (χ3n) is 5.84. The second-order valence-electron chi connectivity index (χ2n) is 8.41. The number of H-pyrrole nitrogens is 1. The zero-order valence-electron chi connectivity index (χ0n) is 17.8. The van der Waals surface area contributed by atoms with Crippen LogP contribution in [0.4, 0.5) is 11.4 Å². The van der Waals surface area contributed by atoms with Crippen molar-refractivity contribution < 1.29 is 9.53 Å². The third kappa shape index (κ3) is 4.14. The van der Waals surface area contributed by atoms with Gasteiger partial charge in [-0.15, -0.1) is 5.10 Å². The first-order valence-electron chi connectivity index (χ1n) is 10.9. The molecule has 0 radical (unpaired) electrons. The van der Waals surface area contributed by atoms with E-state index in [1.165, 1.54) is 5.56 Å². The molecule has 1 atom stereocenters. The van der Waals surface area contributed by atoms with Gasteiger partial charge in [0.2, 0.25) is 5.88 Å². The smallest absolute Gasteiger partial charge is 0.264 e. The van der Waals surface area contributed by atoms with Gasteiger partial charge in [0.1, 0.15) is 23.1 Å². The average Bonchev–Trinajstić information content (AvgIpc) is 3.34. The number of aromatic amines is 1. The summed E-state index contributed by atoms with van der Waals surface area (Å²) >= 11 is 0. The first-order valence-corrected chi connectivity index (χ1v) is 10.9. The highest BCUT2D eigenvalue weighted by Crippen LogP contribution is 2.33. The Bertz CT molecular complexity index is 1220. The topological polar surface area (TPSA) is 107 Å². The maximum atomic E-state index is 12.7. The summed E-state index contributed by atoms with van der Waals surface area (Å²) in [7, 11) is 0. The van der Waals surface area contributed by atoms with Crippen LogP contribution in [0.25, 0.3) is 11.0 Å². The highest BCUT2D eigenvalue weighted by molar-refractivity contribution is 5.97. The van der Waals surface area contributed by atoms with E-state index in [-0.39, 0.29) is 17.6 Å². The van der Waals surface area contributed by atoms with Gasteiger partial charge in [0.15, 0.2) is 5.65 Å². The lowest BCUT2D eigenvalue weighted by Gasteiger charge is -2.16. The zero-order chi connectivity index (χ0) is 22.1. The standard InChI is InChI=1S/C24H24N6O2/c1-15-2-6-18(7-3-15)27-20-8-10-26-22-21(20)23(29-28-22)32-19-9-11-30(14-19)24(31)17(13-25)12-16-4-5-16/h2-3,6-8,10,12,16,19H,4-5,9,11,14H2,1H3,(H2,26,27,28,29)/b17-12+/t19-/m1/s1. The van der Waals surface area contributed by atoms with Crippen LogP contribution in [0.5, 0.6) is 5.88 Å². The number of carbonyl (C=O) groups excluding carboxylic acids is 1. The molecule has 0 spiro atoms. The minimum absolute atomic E-state index is 0.196. The Hall–Kier alpha value is -3.86. The second-order valence-corrected chi connectivity index (χ2v) is 8.41. The van der Waals surface area contributed by atoms with Crippen LogP contribution in [0.1, 0.15) is 24.8 Å². The molecule has 0 bridgehead atoms. The summed E-state index contributed by atoms with van der Waals surface area (Å²) in [5.41, 5.74) is 3.86. The molecule has 1 saturated heterocycles. The number of aryl methyl sites for hydroxylation is 1. The number of hydrogen-bond donors (Lipinski definition) is 2. The van der Waals surface area contributed by atoms with Crippen molar-refractivity contribution in [1.29, 1.82) is 5.26 Å².